The molecule has 30 heavy (non-hydrogen) atoms. The van der Waals surface area contributed by atoms with Gasteiger partial charge in [-0.2, -0.15) is 5.10 Å². The SMILES string of the molecule is CC(C(=O)Nc1ccc(NC(=O)C2(c3cccc(F)c3)CCC2)cc1)n1cncn1. The van der Waals surface area contributed by atoms with Crippen molar-refractivity contribution in [3.8, 4) is 0 Å². The van der Waals surface area contributed by atoms with Crippen molar-refractivity contribution < 1.29 is 14.0 Å². The molecule has 0 aliphatic heterocycles. The molecule has 1 unspecified atom stereocenters. The molecule has 0 radical (unpaired) electrons. The third kappa shape index (κ3) is 3.80. The van der Waals surface area contributed by atoms with E-state index in [1.165, 1.54) is 29.5 Å². The van der Waals surface area contributed by atoms with Crippen LogP contribution in [0.3, 0.4) is 0 Å². The third-order valence-electron chi connectivity index (χ3n) is 5.64. The second-order valence-electron chi connectivity index (χ2n) is 7.52. The number of amides is 2. The summed E-state index contributed by atoms with van der Waals surface area (Å²) in [5.41, 5.74) is 1.23. The van der Waals surface area contributed by atoms with Crippen molar-refractivity contribution >= 4 is 23.2 Å². The highest BCUT2D eigenvalue weighted by molar-refractivity contribution is 6.00. The van der Waals surface area contributed by atoms with Gasteiger partial charge in [-0.1, -0.05) is 18.6 Å². The molecule has 0 saturated heterocycles. The van der Waals surface area contributed by atoms with Crippen LogP contribution in [0.5, 0.6) is 0 Å². The van der Waals surface area contributed by atoms with Gasteiger partial charge < -0.3 is 10.6 Å². The van der Waals surface area contributed by atoms with Crippen LogP contribution in [0.15, 0.2) is 61.2 Å². The first-order valence-corrected chi connectivity index (χ1v) is 9.80. The Hall–Kier alpha value is -3.55. The number of nitrogens with zero attached hydrogens (tertiary/aromatic N) is 3. The van der Waals surface area contributed by atoms with Gasteiger partial charge in [-0.25, -0.2) is 14.1 Å². The molecule has 2 N–H and O–H groups in total. The maximum absolute atomic E-state index is 13.7. The predicted molar refractivity (Wildman–Crippen MR) is 110 cm³/mol. The van der Waals surface area contributed by atoms with Gasteiger partial charge in [0.05, 0.1) is 5.41 Å². The van der Waals surface area contributed by atoms with E-state index < -0.39 is 11.5 Å². The summed E-state index contributed by atoms with van der Waals surface area (Å²) in [5.74, 6) is -0.709. The van der Waals surface area contributed by atoms with Crippen molar-refractivity contribution in [3.63, 3.8) is 0 Å². The van der Waals surface area contributed by atoms with Crippen LogP contribution in [0, 0.1) is 5.82 Å². The van der Waals surface area contributed by atoms with E-state index in [1.54, 1.807) is 43.3 Å². The molecule has 2 amide bonds. The topological polar surface area (TPSA) is 88.9 Å². The van der Waals surface area contributed by atoms with E-state index in [0.717, 1.165) is 6.42 Å². The molecule has 4 rings (SSSR count). The number of hydrogen-bond acceptors (Lipinski definition) is 4. The van der Waals surface area contributed by atoms with Gasteiger partial charge in [-0.15, -0.1) is 0 Å². The summed E-state index contributed by atoms with van der Waals surface area (Å²) in [6, 6.07) is 12.6. The van der Waals surface area contributed by atoms with Crippen LogP contribution in [0.1, 0.15) is 37.8 Å². The quantitative estimate of drug-likeness (QED) is 0.652. The summed E-state index contributed by atoms with van der Waals surface area (Å²) in [5, 5.41) is 9.71. The molecule has 1 saturated carbocycles. The highest BCUT2D eigenvalue weighted by atomic mass is 19.1. The van der Waals surface area contributed by atoms with E-state index in [9.17, 15) is 14.0 Å². The van der Waals surface area contributed by atoms with Gasteiger partial charge >= 0.3 is 0 Å². The summed E-state index contributed by atoms with van der Waals surface area (Å²) in [6.45, 7) is 1.73. The Morgan fingerprint density at radius 3 is 2.37 bits per heavy atom. The fourth-order valence-electron chi connectivity index (χ4n) is 3.64. The van der Waals surface area contributed by atoms with Gasteiger partial charge in [0.15, 0.2) is 0 Å². The molecule has 1 heterocycles. The largest absolute Gasteiger partial charge is 0.325 e. The molecule has 154 valence electrons. The number of hydrogen-bond donors (Lipinski definition) is 2. The summed E-state index contributed by atoms with van der Waals surface area (Å²) < 4.78 is 15.1. The molecule has 1 fully saturated rings. The molecule has 1 atom stereocenters. The first-order valence-electron chi connectivity index (χ1n) is 9.80. The normalized spacial score (nSPS) is 15.7. The van der Waals surface area contributed by atoms with Crippen LogP contribution in [-0.4, -0.2) is 26.6 Å². The lowest BCUT2D eigenvalue weighted by Crippen LogP contribution is -2.46. The number of aromatic nitrogens is 3. The molecule has 0 bridgehead atoms. The van der Waals surface area contributed by atoms with E-state index in [-0.39, 0.29) is 17.6 Å². The monoisotopic (exact) mass is 407 g/mol. The lowest BCUT2D eigenvalue weighted by molar-refractivity contribution is -0.124. The van der Waals surface area contributed by atoms with Crippen LogP contribution >= 0.6 is 0 Å². The van der Waals surface area contributed by atoms with E-state index in [1.807, 2.05) is 0 Å². The number of benzene rings is 2. The standard InChI is InChI=1S/C22H22FN5O2/c1-15(28-14-24-13-25-28)20(29)26-18-6-8-19(9-7-18)27-21(30)22(10-3-11-22)16-4-2-5-17(23)12-16/h2,4-9,12-15H,3,10-11H2,1H3,(H,26,29)(H,27,30). The van der Waals surface area contributed by atoms with Gasteiger partial charge in [0, 0.05) is 11.4 Å². The Labute approximate surface area is 173 Å². The van der Waals surface area contributed by atoms with Gasteiger partial charge in [-0.3, -0.25) is 9.59 Å². The number of anilines is 2. The zero-order chi connectivity index (χ0) is 21.1. The number of carbonyl (C=O) groups excluding carboxylic acids is 2. The van der Waals surface area contributed by atoms with Crippen molar-refractivity contribution in [1.82, 2.24) is 14.8 Å². The molecule has 2 aromatic carbocycles. The Balaban J connectivity index is 1.42. The van der Waals surface area contributed by atoms with Gasteiger partial charge in [0.25, 0.3) is 0 Å². The zero-order valence-corrected chi connectivity index (χ0v) is 16.5. The van der Waals surface area contributed by atoms with E-state index in [2.05, 4.69) is 20.7 Å². The fourth-order valence-corrected chi connectivity index (χ4v) is 3.64. The van der Waals surface area contributed by atoms with E-state index in [4.69, 9.17) is 0 Å². The Bertz CT molecular complexity index is 1050. The average molecular weight is 407 g/mol. The maximum Gasteiger partial charge on any atom is 0.249 e. The highest BCUT2D eigenvalue weighted by Gasteiger charge is 2.45. The van der Waals surface area contributed by atoms with Crippen LogP contribution in [0.4, 0.5) is 15.8 Å². The van der Waals surface area contributed by atoms with Crippen molar-refractivity contribution in [2.75, 3.05) is 10.6 Å². The lowest BCUT2D eigenvalue weighted by Gasteiger charge is -2.40. The van der Waals surface area contributed by atoms with E-state index in [0.29, 0.717) is 29.8 Å². The van der Waals surface area contributed by atoms with Gasteiger partial charge in [0.2, 0.25) is 11.8 Å². The number of nitrogens with one attached hydrogen (secondary N) is 2. The maximum atomic E-state index is 13.7. The minimum Gasteiger partial charge on any atom is -0.325 e. The number of rotatable bonds is 6. The van der Waals surface area contributed by atoms with Crippen LogP contribution < -0.4 is 10.6 Å². The summed E-state index contributed by atoms with van der Waals surface area (Å²) in [6.07, 6.45) is 5.17. The summed E-state index contributed by atoms with van der Waals surface area (Å²) >= 11 is 0. The van der Waals surface area contributed by atoms with Crippen molar-refractivity contribution in [1.29, 1.82) is 0 Å². The Morgan fingerprint density at radius 2 is 1.80 bits per heavy atom. The lowest BCUT2D eigenvalue weighted by atomic mass is 9.63. The second kappa shape index (κ2) is 8.06. The molecule has 0 spiro atoms. The summed E-state index contributed by atoms with van der Waals surface area (Å²) in [7, 11) is 0. The molecule has 1 aliphatic carbocycles. The third-order valence-corrected chi connectivity index (χ3v) is 5.64. The van der Waals surface area contributed by atoms with Crippen LogP contribution in [-0.2, 0) is 15.0 Å². The van der Waals surface area contributed by atoms with Crippen molar-refractivity contribution in [3.05, 3.63) is 72.6 Å². The fraction of sp³-hybridized carbons (Fsp3) is 0.273. The minimum absolute atomic E-state index is 0.143. The van der Waals surface area contributed by atoms with Crippen molar-refractivity contribution in [2.45, 2.75) is 37.6 Å². The number of halogens is 1. The molecule has 1 aliphatic rings. The molecular formula is C22H22FN5O2. The predicted octanol–water partition coefficient (Wildman–Crippen LogP) is 3.68. The second-order valence-corrected chi connectivity index (χ2v) is 7.52. The molecule has 1 aromatic heterocycles. The molecule has 3 aromatic rings. The average Bonchev–Trinajstić information content (AvgIpc) is 3.23. The number of carbonyl (C=O) groups is 2. The first-order chi connectivity index (χ1) is 14.5. The van der Waals surface area contributed by atoms with Gasteiger partial charge in [-0.05, 0) is 61.7 Å². The Kier molecular flexibility index (Phi) is 5.31. The van der Waals surface area contributed by atoms with E-state index >= 15 is 0 Å². The summed E-state index contributed by atoms with van der Waals surface area (Å²) in [4.78, 5) is 29.2. The van der Waals surface area contributed by atoms with Crippen molar-refractivity contribution in [2.24, 2.45) is 0 Å². The minimum atomic E-state index is -0.692. The first kappa shape index (κ1) is 19.8. The molecular weight excluding hydrogens is 385 g/mol. The van der Waals surface area contributed by atoms with Gasteiger partial charge in [0.1, 0.15) is 24.5 Å². The smallest absolute Gasteiger partial charge is 0.249 e. The van der Waals surface area contributed by atoms with Crippen LogP contribution in [0.2, 0.25) is 0 Å². The molecule has 8 heteroatoms. The highest BCUT2D eigenvalue weighted by Crippen LogP contribution is 2.44. The molecule has 7 nitrogen and oxygen atoms in total. The zero-order valence-electron chi connectivity index (χ0n) is 16.5. The Morgan fingerprint density at radius 1 is 1.10 bits per heavy atom. The van der Waals surface area contributed by atoms with Crippen LogP contribution in [0.25, 0.3) is 0 Å².